The predicted molar refractivity (Wildman–Crippen MR) is 100 cm³/mol. The third-order valence-corrected chi connectivity index (χ3v) is 6.93. The first-order valence-electron chi connectivity index (χ1n) is 10.1. The molecule has 0 saturated heterocycles. The summed E-state index contributed by atoms with van der Waals surface area (Å²) < 4.78 is 2.08. The summed E-state index contributed by atoms with van der Waals surface area (Å²) in [4.78, 5) is 5.21. The topological polar surface area (TPSA) is 68.2 Å². The van der Waals surface area contributed by atoms with Crippen molar-refractivity contribution in [1.82, 2.24) is 14.6 Å². The molecule has 2 atom stereocenters. The van der Waals surface area contributed by atoms with Crippen LogP contribution >= 0.6 is 0 Å². The van der Waals surface area contributed by atoms with Gasteiger partial charge in [0.15, 0.2) is 5.65 Å². The number of nitrogens with zero attached hydrogens (tertiary/aromatic N) is 3. The van der Waals surface area contributed by atoms with E-state index in [2.05, 4.69) is 16.8 Å². The Balaban J connectivity index is 1.65. The molecule has 1 spiro atoms. The van der Waals surface area contributed by atoms with E-state index in [1.807, 2.05) is 6.20 Å². The maximum Gasteiger partial charge on any atom is 0.160 e. The molecule has 5 rings (SSSR count). The van der Waals surface area contributed by atoms with Crippen LogP contribution in [-0.2, 0) is 18.3 Å². The highest BCUT2D eigenvalue weighted by molar-refractivity contribution is 5.62. The van der Waals surface area contributed by atoms with E-state index in [1.165, 1.54) is 54.7 Å². The Morgan fingerprint density at radius 1 is 1.28 bits per heavy atom. The molecule has 2 fully saturated rings. The van der Waals surface area contributed by atoms with Gasteiger partial charge in [-0.25, -0.2) is 4.98 Å². The van der Waals surface area contributed by atoms with E-state index in [0.717, 1.165) is 37.8 Å². The second-order valence-corrected chi connectivity index (χ2v) is 8.45. The highest BCUT2D eigenvalue weighted by atomic mass is 15.3. The fraction of sp³-hybridized carbons (Fsp3) is 0.700. The van der Waals surface area contributed by atoms with Crippen LogP contribution in [0.3, 0.4) is 0 Å². The maximum atomic E-state index is 6.15. The van der Waals surface area contributed by atoms with Crippen molar-refractivity contribution in [3.05, 3.63) is 23.0 Å². The number of hydrogen-bond donors (Lipinski definition) is 2. The molecule has 0 amide bonds. The molecule has 2 aromatic rings. The second-order valence-electron chi connectivity index (χ2n) is 8.45. The zero-order valence-corrected chi connectivity index (χ0v) is 15.2. The molecule has 0 bridgehead atoms. The Bertz CT molecular complexity index is 802. The summed E-state index contributed by atoms with van der Waals surface area (Å²) >= 11 is 0. The van der Waals surface area contributed by atoms with Gasteiger partial charge in [0, 0.05) is 28.6 Å². The Morgan fingerprint density at radius 2 is 2.12 bits per heavy atom. The van der Waals surface area contributed by atoms with Gasteiger partial charge < -0.3 is 11.1 Å². The van der Waals surface area contributed by atoms with Crippen molar-refractivity contribution in [2.24, 2.45) is 5.73 Å². The fourth-order valence-electron chi connectivity index (χ4n) is 5.51. The summed E-state index contributed by atoms with van der Waals surface area (Å²) in [5.74, 6) is 1.21. The molecule has 3 aliphatic rings. The van der Waals surface area contributed by atoms with Gasteiger partial charge in [-0.3, -0.25) is 0 Å². The summed E-state index contributed by atoms with van der Waals surface area (Å²) in [7, 11) is 0. The SMILES string of the molecule is CCc1cnn2c(N[C@H]3CC[C@H](N)C3)c3c(nc12)C1(CCCC1)CC3. The molecule has 2 aromatic heterocycles. The van der Waals surface area contributed by atoms with Crippen molar-refractivity contribution in [1.29, 1.82) is 0 Å². The lowest BCUT2D eigenvalue weighted by Gasteiger charge is -2.24. The molecule has 0 radical (unpaired) electrons. The first-order chi connectivity index (χ1) is 12.2. The molecular formula is C20H29N5. The van der Waals surface area contributed by atoms with Crippen molar-refractivity contribution in [2.45, 2.75) is 88.6 Å². The van der Waals surface area contributed by atoms with Gasteiger partial charge in [0.05, 0.1) is 11.9 Å². The van der Waals surface area contributed by atoms with Crippen molar-refractivity contribution < 1.29 is 0 Å². The minimum atomic E-state index is 0.341. The second kappa shape index (κ2) is 5.70. The lowest BCUT2D eigenvalue weighted by molar-refractivity contribution is 0.429. The number of nitrogens with two attached hydrogens (primary N) is 1. The lowest BCUT2D eigenvalue weighted by atomic mass is 9.83. The molecule has 0 aliphatic heterocycles. The zero-order chi connectivity index (χ0) is 17.0. The van der Waals surface area contributed by atoms with Crippen LogP contribution in [0.15, 0.2) is 6.20 Å². The van der Waals surface area contributed by atoms with Crippen LogP contribution in [0.2, 0.25) is 0 Å². The van der Waals surface area contributed by atoms with Gasteiger partial charge in [0.1, 0.15) is 5.82 Å². The summed E-state index contributed by atoms with van der Waals surface area (Å²) in [6.07, 6.45) is 14.1. The Kier molecular flexibility index (Phi) is 3.56. The normalized spacial score (nSPS) is 27.4. The molecule has 134 valence electrons. The number of fused-ring (bicyclic) bond motifs is 3. The van der Waals surface area contributed by atoms with Crippen LogP contribution in [-0.4, -0.2) is 26.7 Å². The van der Waals surface area contributed by atoms with Gasteiger partial charge in [-0.2, -0.15) is 9.61 Å². The quantitative estimate of drug-likeness (QED) is 0.900. The first-order valence-corrected chi connectivity index (χ1v) is 10.1. The largest absolute Gasteiger partial charge is 0.367 e. The smallest absolute Gasteiger partial charge is 0.160 e. The molecule has 5 heteroatoms. The number of anilines is 1. The highest BCUT2D eigenvalue weighted by Gasteiger charge is 2.44. The molecular weight excluding hydrogens is 310 g/mol. The molecule has 25 heavy (non-hydrogen) atoms. The van der Waals surface area contributed by atoms with Crippen LogP contribution < -0.4 is 11.1 Å². The monoisotopic (exact) mass is 339 g/mol. The van der Waals surface area contributed by atoms with E-state index >= 15 is 0 Å². The van der Waals surface area contributed by atoms with Crippen LogP contribution in [0.25, 0.3) is 5.65 Å². The van der Waals surface area contributed by atoms with E-state index in [0.29, 0.717) is 17.5 Å². The van der Waals surface area contributed by atoms with Gasteiger partial charge >= 0.3 is 0 Å². The summed E-state index contributed by atoms with van der Waals surface area (Å²) in [5.41, 5.74) is 11.6. The van der Waals surface area contributed by atoms with Crippen molar-refractivity contribution in [3.8, 4) is 0 Å². The standard InChI is InChI=1S/C20H29N5/c1-2-13-12-22-25-18(13)24-17-16(7-10-20(17)8-3-4-9-20)19(25)23-15-6-5-14(21)11-15/h12,14-15,23H,2-11,21H2,1H3/t14-,15-/m0/s1. The van der Waals surface area contributed by atoms with Gasteiger partial charge in [0.25, 0.3) is 0 Å². The third-order valence-electron chi connectivity index (χ3n) is 6.93. The summed E-state index contributed by atoms with van der Waals surface area (Å²) in [6.45, 7) is 2.19. The van der Waals surface area contributed by atoms with Gasteiger partial charge in [-0.15, -0.1) is 0 Å². The lowest BCUT2D eigenvalue weighted by Crippen LogP contribution is -2.24. The summed E-state index contributed by atoms with van der Waals surface area (Å²) in [5, 5.41) is 8.54. The highest BCUT2D eigenvalue weighted by Crippen LogP contribution is 2.51. The van der Waals surface area contributed by atoms with E-state index in [4.69, 9.17) is 15.8 Å². The maximum absolute atomic E-state index is 6.15. The van der Waals surface area contributed by atoms with Crippen LogP contribution in [0.4, 0.5) is 5.82 Å². The molecule has 0 aromatic carbocycles. The predicted octanol–water partition coefficient (Wildman–Crippen LogP) is 3.34. The van der Waals surface area contributed by atoms with E-state index in [9.17, 15) is 0 Å². The fourth-order valence-corrected chi connectivity index (χ4v) is 5.51. The Morgan fingerprint density at radius 3 is 2.84 bits per heavy atom. The van der Waals surface area contributed by atoms with Gasteiger partial charge in [0.2, 0.25) is 0 Å². The number of aryl methyl sites for hydroxylation is 1. The van der Waals surface area contributed by atoms with Crippen LogP contribution in [0.1, 0.15) is 75.1 Å². The third kappa shape index (κ3) is 2.31. The van der Waals surface area contributed by atoms with Crippen LogP contribution in [0, 0.1) is 0 Å². The molecule has 2 heterocycles. The van der Waals surface area contributed by atoms with E-state index < -0.39 is 0 Å². The van der Waals surface area contributed by atoms with Gasteiger partial charge in [-0.1, -0.05) is 19.8 Å². The van der Waals surface area contributed by atoms with Crippen molar-refractivity contribution in [3.63, 3.8) is 0 Å². The number of aromatic nitrogens is 3. The van der Waals surface area contributed by atoms with E-state index in [-0.39, 0.29) is 0 Å². The number of nitrogens with one attached hydrogen (secondary N) is 1. The van der Waals surface area contributed by atoms with Crippen molar-refractivity contribution >= 4 is 11.5 Å². The minimum Gasteiger partial charge on any atom is -0.367 e. The van der Waals surface area contributed by atoms with Crippen LogP contribution in [0.5, 0.6) is 0 Å². The Labute approximate surface area is 149 Å². The minimum absolute atomic E-state index is 0.341. The first kappa shape index (κ1) is 15.6. The Hall–Kier alpha value is -1.62. The number of hydrogen-bond acceptors (Lipinski definition) is 4. The molecule has 2 saturated carbocycles. The summed E-state index contributed by atoms with van der Waals surface area (Å²) in [6, 6.07) is 0.812. The number of rotatable bonds is 3. The van der Waals surface area contributed by atoms with Gasteiger partial charge in [-0.05, 0) is 51.4 Å². The van der Waals surface area contributed by atoms with Crippen molar-refractivity contribution in [2.75, 3.05) is 5.32 Å². The molecule has 3 aliphatic carbocycles. The molecule has 0 unspecified atom stereocenters. The average molecular weight is 339 g/mol. The molecule has 3 N–H and O–H groups in total. The zero-order valence-electron chi connectivity index (χ0n) is 15.2. The van der Waals surface area contributed by atoms with E-state index in [1.54, 1.807) is 0 Å². The molecule has 5 nitrogen and oxygen atoms in total. The average Bonchev–Trinajstić information content (AvgIpc) is 3.37.